The van der Waals surface area contributed by atoms with Gasteiger partial charge in [-0.15, -0.1) is 24.0 Å². The third-order valence-electron chi connectivity index (χ3n) is 5.93. The highest BCUT2D eigenvalue weighted by atomic mass is 127. The highest BCUT2D eigenvalue weighted by molar-refractivity contribution is 14.0. The lowest BCUT2D eigenvalue weighted by atomic mass is 10.1. The van der Waals surface area contributed by atoms with Crippen molar-refractivity contribution in [2.45, 2.75) is 32.7 Å². The number of amides is 1. The zero-order chi connectivity index (χ0) is 22.1. The number of ether oxygens (including phenoxy) is 2. The van der Waals surface area contributed by atoms with E-state index in [4.69, 9.17) is 14.5 Å². The lowest BCUT2D eigenvalue weighted by Crippen LogP contribution is -2.52. The third-order valence-corrected chi connectivity index (χ3v) is 5.93. The van der Waals surface area contributed by atoms with E-state index in [1.54, 1.807) is 14.2 Å². The Kier molecular flexibility index (Phi) is 11.4. The van der Waals surface area contributed by atoms with Crippen LogP contribution < -0.4 is 14.8 Å². The van der Waals surface area contributed by atoms with Gasteiger partial charge in [0, 0.05) is 64.3 Å². The number of carbonyl (C=O) groups is 1. The summed E-state index contributed by atoms with van der Waals surface area (Å²) in [6.45, 7) is 9.76. The van der Waals surface area contributed by atoms with Gasteiger partial charge in [-0.1, -0.05) is 0 Å². The van der Waals surface area contributed by atoms with Crippen LogP contribution in [0.1, 0.15) is 31.7 Å². The second-order valence-electron chi connectivity index (χ2n) is 8.01. The Hall–Kier alpha value is -1.75. The average molecular weight is 559 g/mol. The Morgan fingerprint density at radius 2 is 1.75 bits per heavy atom. The molecule has 1 N–H and O–H groups in total. The van der Waals surface area contributed by atoms with Crippen LogP contribution in [0.5, 0.6) is 11.5 Å². The number of rotatable bonds is 8. The van der Waals surface area contributed by atoms with Gasteiger partial charge in [0.05, 0.1) is 20.8 Å². The van der Waals surface area contributed by atoms with E-state index in [9.17, 15) is 4.79 Å². The number of methoxy groups -OCH3 is 2. The van der Waals surface area contributed by atoms with Gasteiger partial charge in [0.15, 0.2) is 5.96 Å². The summed E-state index contributed by atoms with van der Waals surface area (Å²) in [6, 6.07) is 5.94. The Balaban J connectivity index is 0.00000363. The predicted molar refractivity (Wildman–Crippen MR) is 138 cm³/mol. The summed E-state index contributed by atoms with van der Waals surface area (Å²) in [5.74, 6) is 2.88. The minimum absolute atomic E-state index is 0. The van der Waals surface area contributed by atoms with Crippen molar-refractivity contribution in [3.63, 3.8) is 0 Å². The maximum absolute atomic E-state index is 12.3. The number of halogens is 1. The maximum Gasteiger partial charge on any atom is 0.224 e. The number of hydrogen-bond donors (Lipinski definition) is 1. The van der Waals surface area contributed by atoms with E-state index in [1.807, 2.05) is 23.1 Å². The number of benzene rings is 1. The molecule has 0 radical (unpaired) electrons. The molecular weight excluding hydrogens is 521 g/mol. The quantitative estimate of drug-likeness (QED) is 0.300. The molecule has 9 heteroatoms. The topological polar surface area (TPSA) is 69.6 Å². The standard InChI is InChI=1S/C23H37N5O3.HI/c1-4-24-23(25-10-9-22(29)27-11-5-6-12-27)28-15-13-26(14-16-28)18-19-17-20(30-2)7-8-21(19)31-3;/h7-8,17H,4-6,9-16,18H2,1-3H3,(H,24,25);1H. The van der Waals surface area contributed by atoms with Gasteiger partial charge < -0.3 is 24.6 Å². The fourth-order valence-electron chi connectivity index (χ4n) is 4.17. The molecule has 0 unspecified atom stereocenters. The van der Waals surface area contributed by atoms with Crippen LogP contribution in [0.2, 0.25) is 0 Å². The van der Waals surface area contributed by atoms with Gasteiger partial charge in [-0.3, -0.25) is 14.7 Å². The minimum atomic E-state index is 0. The molecule has 2 aliphatic heterocycles. The summed E-state index contributed by atoms with van der Waals surface area (Å²) in [6.07, 6.45) is 2.75. The number of carbonyl (C=O) groups excluding carboxylic acids is 1. The van der Waals surface area contributed by atoms with Crippen molar-refractivity contribution < 1.29 is 14.3 Å². The fourth-order valence-corrected chi connectivity index (χ4v) is 4.17. The number of likely N-dealkylation sites (tertiary alicyclic amines) is 1. The summed E-state index contributed by atoms with van der Waals surface area (Å²) in [7, 11) is 3.39. The first-order chi connectivity index (χ1) is 15.1. The molecule has 0 spiro atoms. The first-order valence-corrected chi connectivity index (χ1v) is 11.4. The smallest absolute Gasteiger partial charge is 0.224 e. The Labute approximate surface area is 209 Å². The number of aliphatic imine (C=N–C) groups is 1. The molecule has 3 rings (SSSR count). The lowest BCUT2D eigenvalue weighted by Gasteiger charge is -2.36. The molecule has 2 aliphatic rings. The normalized spacial score (nSPS) is 17.2. The third kappa shape index (κ3) is 7.40. The van der Waals surface area contributed by atoms with Crippen LogP contribution in [0.25, 0.3) is 0 Å². The molecule has 1 aromatic carbocycles. The zero-order valence-electron chi connectivity index (χ0n) is 19.6. The van der Waals surface area contributed by atoms with Gasteiger partial charge in [-0.25, -0.2) is 0 Å². The van der Waals surface area contributed by atoms with Crippen LogP contribution in [0.3, 0.4) is 0 Å². The summed E-state index contributed by atoms with van der Waals surface area (Å²) >= 11 is 0. The molecule has 2 fully saturated rings. The number of nitrogens with one attached hydrogen (secondary N) is 1. The number of hydrogen-bond acceptors (Lipinski definition) is 5. The van der Waals surface area contributed by atoms with Crippen molar-refractivity contribution in [1.29, 1.82) is 0 Å². The van der Waals surface area contributed by atoms with Crippen molar-refractivity contribution in [1.82, 2.24) is 20.0 Å². The lowest BCUT2D eigenvalue weighted by molar-refractivity contribution is -0.129. The Morgan fingerprint density at radius 3 is 2.38 bits per heavy atom. The van der Waals surface area contributed by atoms with Gasteiger partial charge in [-0.2, -0.15) is 0 Å². The average Bonchev–Trinajstić information content (AvgIpc) is 3.34. The van der Waals surface area contributed by atoms with Gasteiger partial charge in [0.2, 0.25) is 5.91 Å². The van der Waals surface area contributed by atoms with Crippen LogP contribution >= 0.6 is 24.0 Å². The van der Waals surface area contributed by atoms with E-state index in [1.165, 1.54) is 0 Å². The highest BCUT2D eigenvalue weighted by Crippen LogP contribution is 2.25. The molecule has 0 bridgehead atoms. The van der Waals surface area contributed by atoms with Crippen molar-refractivity contribution in [3.8, 4) is 11.5 Å². The summed E-state index contributed by atoms with van der Waals surface area (Å²) in [5, 5.41) is 3.39. The zero-order valence-corrected chi connectivity index (χ0v) is 22.0. The van der Waals surface area contributed by atoms with Crippen molar-refractivity contribution in [2.24, 2.45) is 4.99 Å². The van der Waals surface area contributed by atoms with Crippen molar-refractivity contribution in [2.75, 3.05) is 66.6 Å². The Morgan fingerprint density at radius 1 is 1.03 bits per heavy atom. The van der Waals surface area contributed by atoms with E-state index >= 15 is 0 Å². The minimum Gasteiger partial charge on any atom is -0.497 e. The largest absolute Gasteiger partial charge is 0.497 e. The molecule has 0 atom stereocenters. The van der Waals surface area contributed by atoms with Gasteiger partial charge in [0.25, 0.3) is 0 Å². The van der Waals surface area contributed by atoms with Gasteiger partial charge >= 0.3 is 0 Å². The molecule has 1 amide bonds. The molecule has 2 heterocycles. The van der Waals surface area contributed by atoms with E-state index in [2.05, 4.69) is 22.0 Å². The molecular formula is C23H38IN5O3. The fraction of sp³-hybridized carbons (Fsp3) is 0.652. The summed E-state index contributed by atoms with van der Waals surface area (Å²) < 4.78 is 10.9. The summed E-state index contributed by atoms with van der Waals surface area (Å²) in [5.41, 5.74) is 1.14. The monoisotopic (exact) mass is 559 g/mol. The SMILES string of the molecule is CCNC(=NCCC(=O)N1CCCC1)N1CCN(Cc2cc(OC)ccc2OC)CC1.I. The molecule has 2 saturated heterocycles. The second-order valence-corrected chi connectivity index (χ2v) is 8.01. The predicted octanol–water partition coefficient (Wildman–Crippen LogP) is 2.42. The van der Waals surface area contributed by atoms with Crippen LogP contribution in [-0.4, -0.2) is 93.1 Å². The molecule has 0 aromatic heterocycles. The molecule has 0 aliphatic carbocycles. The number of piperazine rings is 1. The summed E-state index contributed by atoms with van der Waals surface area (Å²) in [4.78, 5) is 23.7. The first-order valence-electron chi connectivity index (χ1n) is 11.4. The van der Waals surface area contributed by atoms with Crippen LogP contribution in [-0.2, 0) is 11.3 Å². The number of nitrogens with zero attached hydrogens (tertiary/aromatic N) is 4. The molecule has 8 nitrogen and oxygen atoms in total. The van der Waals surface area contributed by atoms with Crippen LogP contribution in [0.4, 0.5) is 0 Å². The van der Waals surface area contributed by atoms with E-state index in [0.29, 0.717) is 13.0 Å². The van der Waals surface area contributed by atoms with Gasteiger partial charge in [-0.05, 0) is 38.0 Å². The number of guanidine groups is 1. The van der Waals surface area contributed by atoms with Crippen molar-refractivity contribution in [3.05, 3.63) is 23.8 Å². The second kappa shape index (κ2) is 13.7. The first kappa shape index (κ1) is 26.5. The molecule has 1 aromatic rings. The van der Waals surface area contributed by atoms with Crippen LogP contribution in [0, 0.1) is 0 Å². The Bertz CT molecular complexity index is 747. The van der Waals surface area contributed by atoms with Crippen molar-refractivity contribution >= 4 is 35.8 Å². The highest BCUT2D eigenvalue weighted by Gasteiger charge is 2.21. The van der Waals surface area contributed by atoms with Gasteiger partial charge in [0.1, 0.15) is 11.5 Å². The van der Waals surface area contributed by atoms with E-state index in [0.717, 1.165) is 88.2 Å². The van der Waals surface area contributed by atoms with E-state index in [-0.39, 0.29) is 29.9 Å². The molecule has 0 saturated carbocycles. The van der Waals surface area contributed by atoms with E-state index < -0.39 is 0 Å². The molecule has 180 valence electrons. The molecule has 32 heavy (non-hydrogen) atoms. The maximum atomic E-state index is 12.3. The van der Waals surface area contributed by atoms with Crippen LogP contribution in [0.15, 0.2) is 23.2 Å².